The van der Waals surface area contributed by atoms with E-state index in [1.165, 1.54) is 24.8 Å². The van der Waals surface area contributed by atoms with Crippen molar-refractivity contribution in [2.75, 3.05) is 0 Å². The van der Waals surface area contributed by atoms with Gasteiger partial charge in [-0.25, -0.2) is 0 Å². The fraction of sp³-hybridized carbons (Fsp3) is 0.750. The fourth-order valence-corrected chi connectivity index (χ4v) is 0.782. The van der Waals surface area contributed by atoms with Crippen LogP contribution in [0.4, 0.5) is 0 Å². The molecule has 0 saturated carbocycles. The van der Waals surface area contributed by atoms with E-state index in [1.807, 2.05) is 0 Å². The van der Waals surface area contributed by atoms with Crippen LogP contribution in [0.25, 0.3) is 0 Å². The van der Waals surface area contributed by atoms with Crippen molar-refractivity contribution in [3.05, 3.63) is 11.8 Å². The Hall–Kier alpha value is -0.460. The third-order valence-electron chi connectivity index (χ3n) is 1.54. The van der Waals surface area contributed by atoms with Gasteiger partial charge in [0.2, 0.25) is 0 Å². The molecule has 0 saturated heterocycles. The van der Waals surface area contributed by atoms with Crippen LogP contribution in [0.2, 0.25) is 0 Å². The molecule has 0 aromatic heterocycles. The van der Waals surface area contributed by atoms with E-state index in [4.69, 9.17) is 5.73 Å². The van der Waals surface area contributed by atoms with Crippen LogP contribution < -0.4 is 5.73 Å². The number of nitrogens with two attached hydrogens (primary N) is 1. The second kappa shape index (κ2) is 5.67. The smallest absolute Gasteiger partial charge is 0.00706 e. The summed E-state index contributed by atoms with van der Waals surface area (Å²) >= 11 is 0. The molecule has 0 aliphatic carbocycles. The van der Waals surface area contributed by atoms with Crippen LogP contribution in [0.3, 0.4) is 0 Å². The van der Waals surface area contributed by atoms with E-state index in [0.717, 1.165) is 6.42 Å². The standard InChI is InChI=1S/C8H17N/c1-3-5-6-8(4-2)7-9/h7H,3-6,9H2,1-2H3. The van der Waals surface area contributed by atoms with Crippen molar-refractivity contribution in [3.8, 4) is 0 Å². The van der Waals surface area contributed by atoms with E-state index in [0.29, 0.717) is 0 Å². The molecule has 1 heteroatoms. The first-order valence-electron chi connectivity index (χ1n) is 3.74. The summed E-state index contributed by atoms with van der Waals surface area (Å²) in [5.74, 6) is 0. The molecule has 9 heavy (non-hydrogen) atoms. The van der Waals surface area contributed by atoms with Crippen molar-refractivity contribution in [1.29, 1.82) is 0 Å². The molecule has 0 fully saturated rings. The summed E-state index contributed by atoms with van der Waals surface area (Å²) in [6.45, 7) is 4.35. The zero-order chi connectivity index (χ0) is 7.11. The van der Waals surface area contributed by atoms with Crippen LogP contribution in [-0.4, -0.2) is 0 Å². The molecule has 0 heterocycles. The normalized spacial score (nSPS) is 12.0. The molecular formula is C8H17N. The maximum atomic E-state index is 5.36. The number of rotatable bonds is 4. The van der Waals surface area contributed by atoms with Gasteiger partial charge in [-0.05, 0) is 25.5 Å². The van der Waals surface area contributed by atoms with Gasteiger partial charge < -0.3 is 5.73 Å². The highest BCUT2D eigenvalue weighted by molar-refractivity contribution is 4.97. The average molecular weight is 127 g/mol. The third-order valence-corrected chi connectivity index (χ3v) is 1.54. The minimum atomic E-state index is 1.11. The van der Waals surface area contributed by atoms with E-state index in [2.05, 4.69) is 13.8 Å². The first kappa shape index (κ1) is 8.54. The second-order valence-corrected chi connectivity index (χ2v) is 2.28. The van der Waals surface area contributed by atoms with Gasteiger partial charge in [0.15, 0.2) is 0 Å². The minimum absolute atomic E-state index is 1.11. The van der Waals surface area contributed by atoms with Crippen molar-refractivity contribution in [3.63, 3.8) is 0 Å². The monoisotopic (exact) mass is 127 g/mol. The van der Waals surface area contributed by atoms with Gasteiger partial charge in [0.25, 0.3) is 0 Å². The highest BCUT2D eigenvalue weighted by Gasteiger charge is 1.90. The summed E-state index contributed by atoms with van der Waals surface area (Å²) < 4.78 is 0. The summed E-state index contributed by atoms with van der Waals surface area (Å²) in [4.78, 5) is 0. The lowest BCUT2D eigenvalue weighted by atomic mass is 10.1. The first-order valence-corrected chi connectivity index (χ1v) is 3.74. The molecule has 0 aliphatic rings. The molecule has 0 rings (SSSR count). The molecule has 0 aromatic carbocycles. The Balaban J connectivity index is 3.33. The molecule has 0 amide bonds. The maximum absolute atomic E-state index is 5.36. The highest BCUT2D eigenvalue weighted by atomic mass is 14.5. The van der Waals surface area contributed by atoms with E-state index in [9.17, 15) is 0 Å². The summed E-state index contributed by atoms with van der Waals surface area (Å²) in [7, 11) is 0. The zero-order valence-corrected chi connectivity index (χ0v) is 6.48. The van der Waals surface area contributed by atoms with Crippen LogP contribution in [0, 0.1) is 0 Å². The van der Waals surface area contributed by atoms with E-state index in [1.54, 1.807) is 6.20 Å². The molecule has 0 radical (unpaired) electrons. The van der Waals surface area contributed by atoms with Gasteiger partial charge in [-0.15, -0.1) is 0 Å². The maximum Gasteiger partial charge on any atom is -0.00706 e. The van der Waals surface area contributed by atoms with Gasteiger partial charge in [0.1, 0.15) is 0 Å². The second-order valence-electron chi connectivity index (χ2n) is 2.28. The van der Waals surface area contributed by atoms with Crippen LogP contribution >= 0.6 is 0 Å². The zero-order valence-electron chi connectivity index (χ0n) is 6.48. The van der Waals surface area contributed by atoms with Gasteiger partial charge in [-0.1, -0.05) is 25.8 Å². The fourth-order valence-electron chi connectivity index (χ4n) is 0.782. The van der Waals surface area contributed by atoms with E-state index in [-0.39, 0.29) is 0 Å². The van der Waals surface area contributed by atoms with Crippen molar-refractivity contribution in [2.45, 2.75) is 39.5 Å². The summed E-state index contributed by atoms with van der Waals surface area (Å²) in [6, 6.07) is 0. The number of unbranched alkanes of at least 4 members (excludes halogenated alkanes) is 1. The Labute approximate surface area is 57.9 Å². The Kier molecular flexibility index (Phi) is 5.38. The molecule has 0 atom stereocenters. The molecule has 0 aromatic rings. The number of hydrogen-bond acceptors (Lipinski definition) is 1. The predicted molar refractivity (Wildman–Crippen MR) is 42.1 cm³/mol. The van der Waals surface area contributed by atoms with Gasteiger partial charge in [0, 0.05) is 0 Å². The van der Waals surface area contributed by atoms with Crippen molar-refractivity contribution >= 4 is 0 Å². The van der Waals surface area contributed by atoms with Crippen molar-refractivity contribution in [2.24, 2.45) is 5.73 Å². The van der Waals surface area contributed by atoms with E-state index < -0.39 is 0 Å². The van der Waals surface area contributed by atoms with Gasteiger partial charge >= 0.3 is 0 Å². The molecule has 0 unspecified atom stereocenters. The predicted octanol–water partition coefficient (Wildman–Crippen LogP) is 2.43. The molecule has 54 valence electrons. The lowest BCUT2D eigenvalue weighted by molar-refractivity contribution is 0.764. The summed E-state index contributed by atoms with van der Waals surface area (Å²) in [5.41, 5.74) is 6.75. The van der Waals surface area contributed by atoms with Crippen molar-refractivity contribution < 1.29 is 0 Å². The van der Waals surface area contributed by atoms with E-state index >= 15 is 0 Å². The Morgan fingerprint density at radius 1 is 1.44 bits per heavy atom. The third kappa shape index (κ3) is 4.07. The van der Waals surface area contributed by atoms with Crippen LogP contribution in [-0.2, 0) is 0 Å². The summed E-state index contributed by atoms with van der Waals surface area (Å²) in [6.07, 6.45) is 6.57. The first-order chi connectivity index (χ1) is 4.35. The lowest BCUT2D eigenvalue weighted by Crippen LogP contribution is -1.87. The molecule has 0 spiro atoms. The molecule has 0 bridgehead atoms. The quantitative estimate of drug-likeness (QED) is 0.616. The summed E-state index contributed by atoms with van der Waals surface area (Å²) in [5, 5.41) is 0. The Morgan fingerprint density at radius 3 is 2.44 bits per heavy atom. The molecule has 2 N–H and O–H groups in total. The topological polar surface area (TPSA) is 26.0 Å². The molecular weight excluding hydrogens is 110 g/mol. The van der Waals surface area contributed by atoms with Crippen molar-refractivity contribution in [1.82, 2.24) is 0 Å². The largest absolute Gasteiger partial charge is 0.405 e. The number of allylic oxidation sites excluding steroid dienone is 1. The Morgan fingerprint density at radius 2 is 2.11 bits per heavy atom. The highest BCUT2D eigenvalue weighted by Crippen LogP contribution is 2.08. The Bertz CT molecular complexity index is 84.6. The van der Waals surface area contributed by atoms with Gasteiger partial charge in [-0.3, -0.25) is 0 Å². The number of hydrogen-bond donors (Lipinski definition) is 1. The molecule has 0 aliphatic heterocycles. The van der Waals surface area contributed by atoms with Crippen LogP contribution in [0.5, 0.6) is 0 Å². The van der Waals surface area contributed by atoms with Gasteiger partial charge in [-0.2, -0.15) is 0 Å². The van der Waals surface area contributed by atoms with Crippen LogP contribution in [0.15, 0.2) is 11.8 Å². The van der Waals surface area contributed by atoms with Gasteiger partial charge in [0.05, 0.1) is 0 Å². The average Bonchev–Trinajstić information content (AvgIpc) is 1.91. The minimum Gasteiger partial charge on any atom is -0.405 e. The lowest BCUT2D eigenvalue weighted by Gasteiger charge is -1.99. The SMILES string of the molecule is CCCCC(=CN)CC. The molecule has 1 nitrogen and oxygen atoms in total. The van der Waals surface area contributed by atoms with Crippen LogP contribution in [0.1, 0.15) is 39.5 Å².